The predicted octanol–water partition coefficient (Wildman–Crippen LogP) is 6.63. The molecule has 3 nitrogen and oxygen atoms in total. The summed E-state index contributed by atoms with van der Waals surface area (Å²) in [5, 5.41) is 0. The smallest absolute Gasteiger partial charge is 0.127 e. The summed E-state index contributed by atoms with van der Waals surface area (Å²) in [7, 11) is 0. The lowest BCUT2D eigenvalue weighted by atomic mass is 9.79. The van der Waals surface area contributed by atoms with Gasteiger partial charge in [-0.1, -0.05) is 85.8 Å². The molecule has 0 saturated heterocycles. The zero-order chi connectivity index (χ0) is 22.1. The molecule has 0 bridgehead atoms. The molecule has 32 heavy (non-hydrogen) atoms. The summed E-state index contributed by atoms with van der Waals surface area (Å²) < 4.78 is 0. The lowest BCUT2D eigenvalue weighted by molar-refractivity contribution is 0.344. The molecule has 3 N–H and O–H groups in total. The highest BCUT2D eigenvalue weighted by Gasteiger charge is 2.33. The summed E-state index contributed by atoms with van der Waals surface area (Å²) in [6, 6.07) is 25.7. The molecule has 2 atom stereocenters. The maximum absolute atomic E-state index is 6.79. The number of aromatic amines is 1. The number of allylic oxidation sites excluding steroid dienone is 3. The van der Waals surface area contributed by atoms with Gasteiger partial charge in [-0.05, 0) is 59.7 Å². The first-order valence-electron chi connectivity index (χ1n) is 11.4. The number of para-hydroxylation sites is 2. The average molecular weight is 420 g/mol. The van der Waals surface area contributed by atoms with Gasteiger partial charge in [0.2, 0.25) is 0 Å². The van der Waals surface area contributed by atoms with Gasteiger partial charge in [-0.25, -0.2) is 4.98 Å². The summed E-state index contributed by atoms with van der Waals surface area (Å²) >= 11 is 0. The number of imidazole rings is 1. The SMILES string of the molecule is CCc1ccc(-c2ccc(C3=CCC(C(C)(N)c4nc5ccccc5[nH]4)C=C3)cc2)cc1. The Morgan fingerprint density at radius 1 is 0.938 bits per heavy atom. The van der Waals surface area contributed by atoms with E-state index in [-0.39, 0.29) is 5.92 Å². The van der Waals surface area contributed by atoms with Crippen LogP contribution in [0.4, 0.5) is 0 Å². The zero-order valence-electron chi connectivity index (χ0n) is 18.7. The molecule has 0 amide bonds. The summed E-state index contributed by atoms with van der Waals surface area (Å²) in [5.74, 6) is 1.02. The largest absolute Gasteiger partial charge is 0.340 e. The molecule has 1 heterocycles. The number of aryl methyl sites for hydroxylation is 1. The molecule has 1 aliphatic rings. The van der Waals surface area contributed by atoms with Crippen LogP contribution in [0.1, 0.15) is 37.2 Å². The molecule has 5 rings (SSSR count). The molecular formula is C29H29N3. The van der Waals surface area contributed by atoms with E-state index in [0.717, 1.165) is 29.7 Å². The van der Waals surface area contributed by atoms with E-state index in [9.17, 15) is 0 Å². The van der Waals surface area contributed by atoms with E-state index in [4.69, 9.17) is 10.7 Å². The highest BCUT2D eigenvalue weighted by atomic mass is 15.0. The molecule has 1 aromatic heterocycles. The lowest BCUT2D eigenvalue weighted by Gasteiger charge is -2.31. The summed E-state index contributed by atoms with van der Waals surface area (Å²) in [6.45, 7) is 4.25. The normalized spacial score (nSPS) is 17.8. The van der Waals surface area contributed by atoms with Crippen LogP contribution in [0, 0.1) is 5.92 Å². The average Bonchev–Trinajstić information content (AvgIpc) is 3.30. The van der Waals surface area contributed by atoms with Gasteiger partial charge in [-0.15, -0.1) is 0 Å². The zero-order valence-corrected chi connectivity index (χ0v) is 18.7. The minimum atomic E-state index is -0.563. The fourth-order valence-corrected chi connectivity index (χ4v) is 4.45. The van der Waals surface area contributed by atoms with Crippen LogP contribution >= 0.6 is 0 Å². The lowest BCUT2D eigenvalue weighted by Crippen LogP contribution is -2.41. The predicted molar refractivity (Wildman–Crippen MR) is 134 cm³/mol. The number of nitrogens with one attached hydrogen (secondary N) is 1. The standard InChI is InChI=1S/C29H29N3/c1-3-20-8-10-21(11-9-20)22-12-14-23(15-13-22)24-16-18-25(19-17-24)29(2,30)28-31-26-6-4-5-7-27(26)32-28/h4-18,25H,3,19,30H2,1-2H3,(H,31,32). The first-order valence-corrected chi connectivity index (χ1v) is 11.4. The molecule has 3 heteroatoms. The van der Waals surface area contributed by atoms with Crippen LogP contribution in [-0.2, 0) is 12.0 Å². The Bertz CT molecular complexity index is 1260. The van der Waals surface area contributed by atoms with Crippen LogP contribution in [-0.4, -0.2) is 9.97 Å². The van der Waals surface area contributed by atoms with Crippen molar-refractivity contribution in [2.24, 2.45) is 11.7 Å². The number of aromatic nitrogens is 2. The summed E-state index contributed by atoms with van der Waals surface area (Å²) in [4.78, 5) is 8.17. The highest BCUT2D eigenvalue weighted by molar-refractivity contribution is 5.77. The monoisotopic (exact) mass is 419 g/mol. The number of hydrogen-bond acceptors (Lipinski definition) is 2. The molecule has 3 aromatic carbocycles. The van der Waals surface area contributed by atoms with Gasteiger partial charge in [0, 0.05) is 5.92 Å². The third-order valence-corrected chi connectivity index (χ3v) is 6.68. The molecule has 0 saturated carbocycles. The van der Waals surface area contributed by atoms with Crippen molar-refractivity contribution in [2.75, 3.05) is 0 Å². The van der Waals surface area contributed by atoms with Crippen LogP contribution in [0.5, 0.6) is 0 Å². The highest BCUT2D eigenvalue weighted by Crippen LogP contribution is 2.35. The van der Waals surface area contributed by atoms with E-state index in [1.54, 1.807) is 0 Å². The van der Waals surface area contributed by atoms with Gasteiger partial charge in [0.15, 0.2) is 0 Å². The first-order chi connectivity index (χ1) is 15.5. The molecule has 0 fully saturated rings. The Morgan fingerprint density at radius 3 is 2.22 bits per heavy atom. The maximum Gasteiger partial charge on any atom is 0.127 e. The first kappa shape index (κ1) is 20.5. The van der Waals surface area contributed by atoms with Gasteiger partial charge in [-0.2, -0.15) is 0 Å². The number of H-pyrrole nitrogens is 1. The van der Waals surface area contributed by atoms with E-state index >= 15 is 0 Å². The van der Waals surface area contributed by atoms with Crippen molar-refractivity contribution in [1.82, 2.24) is 9.97 Å². The van der Waals surface area contributed by atoms with Crippen molar-refractivity contribution in [3.05, 3.63) is 108 Å². The fraction of sp³-hybridized carbons (Fsp3) is 0.207. The number of nitrogens with zero attached hydrogens (tertiary/aromatic N) is 1. The Kier molecular flexibility index (Phi) is 5.28. The van der Waals surface area contributed by atoms with E-state index < -0.39 is 5.54 Å². The van der Waals surface area contributed by atoms with Crippen molar-refractivity contribution in [3.8, 4) is 11.1 Å². The fourth-order valence-electron chi connectivity index (χ4n) is 4.45. The summed E-state index contributed by atoms with van der Waals surface area (Å²) in [6.07, 6.45) is 8.69. The van der Waals surface area contributed by atoms with E-state index in [0.29, 0.717) is 0 Å². The number of nitrogens with two attached hydrogens (primary N) is 1. The minimum Gasteiger partial charge on any atom is -0.340 e. The Morgan fingerprint density at radius 2 is 1.59 bits per heavy atom. The van der Waals surface area contributed by atoms with Crippen molar-refractivity contribution in [2.45, 2.75) is 32.2 Å². The van der Waals surface area contributed by atoms with E-state index in [1.807, 2.05) is 24.3 Å². The molecule has 0 aliphatic heterocycles. The Labute approximate surface area is 189 Å². The molecule has 0 radical (unpaired) electrons. The van der Waals surface area contributed by atoms with E-state index in [2.05, 4.69) is 85.6 Å². The van der Waals surface area contributed by atoms with Gasteiger partial charge >= 0.3 is 0 Å². The second-order valence-electron chi connectivity index (χ2n) is 8.87. The van der Waals surface area contributed by atoms with Crippen LogP contribution < -0.4 is 5.73 Å². The topological polar surface area (TPSA) is 54.7 Å². The van der Waals surface area contributed by atoms with Crippen LogP contribution in [0.2, 0.25) is 0 Å². The van der Waals surface area contributed by atoms with Crippen molar-refractivity contribution in [1.29, 1.82) is 0 Å². The van der Waals surface area contributed by atoms with Crippen molar-refractivity contribution >= 4 is 16.6 Å². The molecule has 1 aliphatic carbocycles. The molecule has 4 aromatic rings. The van der Waals surface area contributed by atoms with Crippen molar-refractivity contribution < 1.29 is 0 Å². The second-order valence-corrected chi connectivity index (χ2v) is 8.87. The third kappa shape index (κ3) is 3.80. The number of hydrogen-bond donors (Lipinski definition) is 2. The van der Waals surface area contributed by atoms with Gasteiger partial charge in [0.25, 0.3) is 0 Å². The van der Waals surface area contributed by atoms with Crippen molar-refractivity contribution in [3.63, 3.8) is 0 Å². The molecule has 2 unspecified atom stereocenters. The van der Waals surface area contributed by atoms with Crippen LogP contribution in [0.3, 0.4) is 0 Å². The van der Waals surface area contributed by atoms with Gasteiger partial charge in [0.05, 0.1) is 16.6 Å². The molecular weight excluding hydrogens is 390 g/mol. The number of fused-ring (bicyclic) bond motifs is 1. The van der Waals surface area contributed by atoms with Crippen LogP contribution in [0.15, 0.2) is 91.0 Å². The number of rotatable bonds is 5. The minimum absolute atomic E-state index is 0.183. The Hall–Kier alpha value is -3.43. The van der Waals surface area contributed by atoms with Gasteiger partial charge in [-0.3, -0.25) is 0 Å². The second kappa shape index (κ2) is 8.25. The quantitative estimate of drug-likeness (QED) is 0.382. The third-order valence-electron chi connectivity index (χ3n) is 6.68. The Balaban J connectivity index is 1.32. The maximum atomic E-state index is 6.79. The summed E-state index contributed by atoms with van der Waals surface area (Å²) in [5.41, 5.74) is 14.6. The van der Waals surface area contributed by atoms with Crippen LogP contribution in [0.25, 0.3) is 27.7 Å². The molecule has 160 valence electrons. The van der Waals surface area contributed by atoms with E-state index in [1.165, 1.54) is 27.8 Å². The molecule has 0 spiro atoms. The van der Waals surface area contributed by atoms with Gasteiger partial charge < -0.3 is 10.7 Å². The van der Waals surface area contributed by atoms with Gasteiger partial charge in [0.1, 0.15) is 5.82 Å². The number of benzene rings is 3.